The molecule has 0 aliphatic heterocycles. The van der Waals surface area contributed by atoms with Crippen LogP contribution in [0.1, 0.15) is 17.3 Å². The Morgan fingerprint density at radius 1 is 1.08 bits per heavy atom. The molecule has 0 saturated heterocycles. The summed E-state index contributed by atoms with van der Waals surface area (Å²) in [5.41, 5.74) is 2.61. The minimum atomic E-state index is -0.129. The van der Waals surface area contributed by atoms with Crippen molar-refractivity contribution in [3.63, 3.8) is 0 Å². The van der Waals surface area contributed by atoms with Gasteiger partial charge in [-0.2, -0.15) is 0 Å². The molecular weight excluding hydrogens is 322 g/mol. The smallest absolute Gasteiger partial charge is 0.266 e. The number of thiophene rings is 1. The van der Waals surface area contributed by atoms with E-state index in [4.69, 9.17) is 0 Å². The lowest BCUT2D eigenvalue weighted by Crippen LogP contribution is -2.04. The maximum Gasteiger partial charge on any atom is 0.266 e. The zero-order chi connectivity index (χ0) is 16.8. The molecule has 4 aromatic rings. The van der Waals surface area contributed by atoms with Crippen molar-refractivity contribution in [2.24, 2.45) is 0 Å². The highest BCUT2D eigenvalue weighted by atomic mass is 32.1. The predicted octanol–water partition coefficient (Wildman–Crippen LogP) is 4.32. The number of benzene rings is 2. The first-order valence-electron chi connectivity index (χ1n) is 7.43. The molecular formula is C19H13NO3S. The number of H-pyrrole nitrogens is 1. The predicted molar refractivity (Wildman–Crippen MR) is 97.1 cm³/mol. The molecule has 0 atom stereocenters. The highest BCUT2D eigenvalue weighted by Crippen LogP contribution is 2.39. The van der Waals surface area contributed by atoms with Gasteiger partial charge >= 0.3 is 0 Å². The number of rotatable bonds is 2. The first kappa shape index (κ1) is 14.7. The van der Waals surface area contributed by atoms with Crippen molar-refractivity contribution >= 4 is 38.1 Å². The highest BCUT2D eigenvalue weighted by molar-refractivity contribution is 7.17. The molecule has 2 aromatic carbocycles. The maximum absolute atomic E-state index is 12.2. The Kier molecular flexibility index (Phi) is 3.25. The number of aromatic amines is 1. The number of aromatic hydroxyl groups is 1. The van der Waals surface area contributed by atoms with Crippen LogP contribution in [0.4, 0.5) is 0 Å². The van der Waals surface area contributed by atoms with Gasteiger partial charge in [-0.25, -0.2) is 0 Å². The summed E-state index contributed by atoms with van der Waals surface area (Å²) in [7, 11) is 0. The minimum Gasteiger partial charge on any atom is -0.507 e. The molecule has 4 nitrogen and oxygen atoms in total. The lowest BCUT2D eigenvalue weighted by molar-refractivity contribution is 0.101. The number of hydrogen-bond donors (Lipinski definition) is 2. The van der Waals surface area contributed by atoms with Crippen molar-refractivity contribution in [3.8, 4) is 16.9 Å². The van der Waals surface area contributed by atoms with Gasteiger partial charge < -0.3 is 10.1 Å². The van der Waals surface area contributed by atoms with Gasteiger partial charge in [-0.15, -0.1) is 11.3 Å². The van der Waals surface area contributed by atoms with Crippen LogP contribution >= 0.6 is 11.3 Å². The van der Waals surface area contributed by atoms with E-state index in [9.17, 15) is 14.7 Å². The van der Waals surface area contributed by atoms with Crippen LogP contribution in [-0.4, -0.2) is 15.9 Å². The van der Waals surface area contributed by atoms with E-state index in [0.29, 0.717) is 21.3 Å². The van der Waals surface area contributed by atoms with Gasteiger partial charge in [0.05, 0.1) is 0 Å². The Labute approximate surface area is 141 Å². The van der Waals surface area contributed by atoms with Crippen LogP contribution in [0.5, 0.6) is 5.75 Å². The molecule has 0 aliphatic carbocycles. The number of phenols is 1. The SMILES string of the molecule is CC(=O)c1ccc(-c2c(O)ccc3[nH]c(=O)c4sccc4c23)cc1. The topological polar surface area (TPSA) is 70.2 Å². The third-order valence-corrected chi connectivity index (χ3v) is 5.07. The molecule has 2 heterocycles. The van der Waals surface area contributed by atoms with Gasteiger partial charge in [0.25, 0.3) is 5.56 Å². The molecule has 0 aliphatic rings. The quantitative estimate of drug-likeness (QED) is 0.536. The van der Waals surface area contributed by atoms with Crippen LogP contribution < -0.4 is 5.56 Å². The van der Waals surface area contributed by atoms with Crippen molar-refractivity contribution in [2.45, 2.75) is 6.92 Å². The Bertz CT molecular complexity index is 1150. The number of Topliss-reactive ketones (excluding diaryl/α,β-unsaturated/α-hetero) is 1. The monoisotopic (exact) mass is 335 g/mol. The lowest BCUT2D eigenvalue weighted by Gasteiger charge is -2.11. The summed E-state index contributed by atoms with van der Waals surface area (Å²) in [6.45, 7) is 1.52. The number of phenolic OH excluding ortho intramolecular Hbond substituents is 1. The summed E-state index contributed by atoms with van der Waals surface area (Å²) in [6.07, 6.45) is 0. The second kappa shape index (κ2) is 5.32. The van der Waals surface area contributed by atoms with Gasteiger partial charge in [0.1, 0.15) is 10.4 Å². The zero-order valence-corrected chi connectivity index (χ0v) is 13.6. The van der Waals surface area contributed by atoms with E-state index in [1.165, 1.54) is 18.3 Å². The summed E-state index contributed by atoms with van der Waals surface area (Å²) < 4.78 is 0.634. The molecule has 24 heavy (non-hydrogen) atoms. The van der Waals surface area contributed by atoms with E-state index in [1.807, 2.05) is 23.6 Å². The van der Waals surface area contributed by atoms with Crippen LogP contribution in [-0.2, 0) is 0 Å². The fourth-order valence-corrected chi connectivity index (χ4v) is 3.80. The number of ketones is 1. The van der Waals surface area contributed by atoms with Crippen LogP contribution in [0.3, 0.4) is 0 Å². The summed E-state index contributed by atoms with van der Waals surface area (Å²) in [4.78, 5) is 26.5. The van der Waals surface area contributed by atoms with Gasteiger partial charge in [-0.3, -0.25) is 9.59 Å². The number of carbonyl (C=O) groups excluding carboxylic acids is 1. The molecule has 5 heteroatoms. The number of carbonyl (C=O) groups is 1. The van der Waals surface area contributed by atoms with Crippen LogP contribution in [0.15, 0.2) is 52.6 Å². The van der Waals surface area contributed by atoms with Gasteiger partial charge in [0, 0.05) is 27.4 Å². The molecule has 4 rings (SSSR count). The normalized spacial score (nSPS) is 11.2. The Morgan fingerprint density at radius 3 is 2.54 bits per heavy atom. The maximum atomic E-state index is 12.2. The number of aromatic nitrogens is 1. The van der Waals surface area contributed by atoms with Crippen molar-refractivity contribution in [1.82, 2.24) is 4.98 Å². The molecule has 118 valence electrons. The van der Waals surface area contributed by atoms with E-state index >= 15 is 0 Å². The summed E-state index contributed by atoms with van der Waals surface area (Å²) >= 11 is 1.37. The third-order valence-electron chi connectivity index (χ3n) is 4.15. The Balaban J connectivity index is 2.11. The van der Waals surface area contributed by atoms with Crippen LogP contribution in [0.25, 0.3) is 32.1 Å². The number of hydrogen-bond acceptors (Lipinski definition) is 4. The van der Waals surface area contributed by atoms with Crippen molar-refractivity contribution in [1.29, 1.82) is 0 Å². The number of nitrogens with one attached hydrogen (secondary N) is 1. The molecule has 0 bridgehead atoms. The average molecular weight is 335 g/mol. The lowest BCUT2D eigenvalue weighted by atomic mass is 9.96. The summed E-state index contributed by atoms with van der Waals surface area (Å²) in [5, 5.41) is 13.9. The third kappa shape index (κ3) is 2.13. The molecule has 0 spiro atoms. The highest BCUT2D eigenvalue weighted by Gasteiger charge is 2.15. The van der Waals surface area contributed by atoms with Crippen LogP contribution in [0, 0.1) is 0 Å². The summed E-state index contributed by atoms with van der Waals surface area (Å²) in [5.74, 6) is 0.130. The van der Waals surface area contributed by atoms with Crippen molar-refractivity contribution < 1.29 is 9.90 Å². The van der Waals surface area contributed by atoms with Gasteiger partial charge in [0.2, 0.25) is 0 Å². The van der Waals surface area contributed by atoms with Gasteiger partial charge in [-0.1, -0.05) is 24.3 Å². The van der Waals surface area contributed by atoms with E-state index in [0.717, 1.165) is 16.3 Å². The van der Waals surface area contributed by atoms with Crippen molar-refractivity contribution in [3.05, 3.63) is 63.8 Å². The average Bonchev–Trinajstić information content (AvgIpc) is 3.06. The Hall–Kier alpha value is -2.92. The largest absolute Gasteiger partial charge is 0.507 e. The van der Waals surface area contributed by atoms with E-state index < -0.39 is 0 Å². The van der Waals surface area contributed by atoms with Crippen LogP contribution in [0.2, 0.25) is 0 Å². The van der Waals surface area contributed by atoms with E-state index in [1.54, 1.807) is 24.3 Å². The molecule has 2 aromatic heterocycles. The molecule has 0 saturated carbocycles. The van der Waals surface area contributed by atoms with Crippen molar-refractivity contribution in [2.75, 3.05) is 0 Å². The summed E-state index contributed by atoms with van der Waals surface area (Å²) in [6, 6.07) is 12.3. The van der Waals surface area contributed by atoms with Gasteiger partial charge in [-0.05, 0) is 36.1 Å². The molecule has 0 fully saturated rings. The molecule has 2 N–H and O–H groups in total. The molecule has 0 radical (unpaired) electrons. The van der Waals surface area contributed by atoms with Gasteiger partial charge in [0.15, 0.2) is 5.78 Å². The number of fused-ring (bicyclic) bond motifs is 3. The Morgan fingerprint density at radius 2 is 1.83 bits per heavy atom. The zero-order valence-electron chi connectivity index (χ0n) is 12.8. The second-order valence-electron chi connectivity index (χ2n) is 5.63. The first-order chi connectivity index (χ1) is 11.6. The fourth-order valence-electron chi connectivity index (χ4n) is 3.00. The first-order valence-corrected chi connectivity index (χ1v) is 8.31. The fraction of sp³-hybridized carbons (Fsp3) is 0.0526. The number of pyridine rings is 1. The molecule has 0 amide bonds. The standard InChI is InChI=1S/C19H13NO3S/c1-10(21)11-2-4-12(5-3-11)16-15(22)7-6-14-17(16)13-8-9-24-18(13)19(23)20-14/h2-9,22H,1H3,(H,20,23). The minimum absolute atomic E-state index is 0.00625. The van der Waals surface area contributed by atoms with E-state index in [-0.39, 0.29) is 17.1 Å². The second-order valence-corrected chi connectivity index (χ2v) is 6.55. The van der Waals surface area contributed by atoms with E-state index in [2.05, 4.69) is 4.98 Å². The molecule has 0 unspecified atom stereocenters.